The molecule has 1 aromatic rings. The molecule has 0 atom stereocenters. The fraction of sp³-hybridized carbons (Fsp3) is 0.429. The summed E-state index contributed by atoms with van der Waals surface area (Å²) >= 11 is 0. The van der Waals surface area contributed by atoms with Crippen LogP contribution in [0.15, 0.2) is 10.9 Å². The molecule has 1 aromatic heterocycles. The van der Waals surface area contributed by atoms with E-state index in [9.17, 15) is 9.36 Å². The van der Waals surface area contributed by atoms with Gasteiger partial charge in [0.15, 0.2) is 0 Å². The lowest BCUT2D eigenvalue weighted by Crippen LogP contribution is -2.15. The van der Waals surface area contributed by atoms with Crippen molar-refractivity contribution in [2.45, 2.75) is 0 Å². The summed E-state index contributed by atoms with van der Waals surface area (Å²) in [6, 6.07) is 1.31. The summed E-state index contributed by atoms with van der Waals surface area (Å²) in [6.07, 6.45) is -0.679. The molecule has 0 aliphatic rings. The fourth-order valence-electron chi connectivity index (χ4n) is 0.915. The quantitative estimate of drug-likeness (QED) is 0.373. The Labute approximate surface area is 95.7 Å². The van der Waals surface area contributed by atoms with E-state index in [0.29, 0.717) is 0 Å². The van der Waals surface area contributed by atoms with Gasteiger partial charge >= 0.3 is 13.3 Å². The maximum absolute atomic E-state index is 10.9. The van der Waals surface area contributed by atoms with E-state index < -0.39 is 19.6 Å². The number of ether oxygens (including phenoxy) is 2. The van der Waals surface area contributed by atoms with Gasteiger partial charge in [-0.3, -0.25) is 9.55 Å². The van der Waals surface area contributed by atoms with Gasteiger partial charge in [0.25, 0.3) is 0 Å². The highest BCUT2D eigenvalue weighted by Gasteiger charge is 2.12. The standard InChI is InChI=1S/C7H12N3O6P/c8-5-3-6(10-7(11)9-5)16-2-1-15-4-17(12,13)14/h3H,1-2,4H2,(H2,12,13,14)(H3,8,9,10,11). The predicted octanol–water partition coefficient (Wildman–Crippen LogP) is -1.12. The van der Waals surface area contributed by atoms with Crippen LogP contribution in [-0.4, -0.2) is 39.3 Å². The second-order valence-electron chi connectivity index (χ2n) is 3.03. The van der Waals surface area contributed by atoms with Crippen LogP contribution in [0.4, 0.5) is 5.82 Å². The number of nitrogens with two attached hydrogens (primary N) is 1. The molecule has 0 aliphatic carbocycles. The number of hydrogen-bond acceptors (Lipinski definition) is 6. The summed E-state index contributed by atoms with van der Waals surface area (Å²) in [5.74, 6) is 0.127. The van der Waals surface area contributed by atoms with Gasteiger partial charge in [-0.05, 0) is 0 Å². The smallest absolute Gasteiger partial charge is 0.350 e. The lowest BCUT2D eigenvalue weighted by Gasteiger charge is -2.07. The number of nitrogens with one attached hydrogen (secondary N) is 1. The first kappa shape index (κ1) is 13.7. The topological polar surface area (TPSA) is 148 Å². The van der Waals surface area contributed by atoms with Gasteiger partial charge in [0.2, 0.25) is 5.88 Å². The molecule has 5 N–H and O–H groups in total. The summed E-state index contributed by atoms with van der Waals surface area (Å²) in [6.45, 7) is -0.0462. The van der Waals surface area contributed by atoms with Crippen LogP contribution in [0, 0.1) is 0 Å². The third-order valence-corrected chi connectivity index (χ3v) is 2.00. The summed E-state index contributed by atoms with van der Waals surface area (Å²) in [5, 5.41) is 0. The first-order valence-corrected chi connectivity index (χ1v) is 6.28. The van der Waals surface area contributed by atoms with E-state index >= 15 is 0 Å². The Morgan fingerprint density at radius 3 is 2.76 bits per heavy atom. The second-order valence-corrected chi connectivity index (χ2v) is 4.62. The van der Waals surface area contributed by atoms with Crippen LogP contribution in [0.3, 0.4) is 0 Å². The van der Waals surface area contributed by atoms with Crippen molar-refractivity contribution in [3.8, 4) is 5.88 Å². The number of nitrogens with zero attached hydrogens (tertiary/aromatic N) is 1. The number of aromatic amines is 1. The maximum atomic E-state index is 10.9. The molecular formula is C7H12N3O6P. The van der Waals surface area contributed by atoms with E-state index in [-0.39, 0.29) is 24.9 Å². The maximum Gasteiger partial charge on any atom is 0.350 e. The molecule has 0 aromatic carbocycles. The Bertz CT molecular complexity index is 469. The van der Waals surface area contributed by atoms with E-state index in [2.05, 4.69) is 14.7 Å². The minimum absolute atomic E-state index is 0.00407. The van der Waals surface area contributed by atoms with Gasteiger partial charge in [-0.15, -0.1) is 0 Å². The predicted molar refractivity (Wildman–Crippen MR) is 57.6 cm³/mol. The molecule has 0 saturated carbocycles. The first-order valence-electron chi connectivity index (χ1n) is 4.49. The van der Waals surface area contributed by atoms with Gasteiger partial charge in [0, 0.05) is 6.07 Å². The Morgan fingerprint density at radius 2 is 2.18 bits per heavy atom. The van der Waals surface area contributed by atoms with Crippen molar-refractivity contribution >= 4 is 13.4 Å². The summed E-state index contributed by atoms with van der Waals surface area (Å²) in [4.78, 5) is 33.5. The Hall–Kier alpha value is -1.41. The minimum atomic E-state index is -4.16. The third kappa shape index (κ3) is 6.03. The van der Waals surface area contributed by atoms with E-state index in [1.807, 2.05) is 0 Å². The largest absolute Gasteiger partial charge is 0.475 e. The zero-order chi connectivity index (χ0) is 12.9. The third-order valence-electron chi connectivity index (χ3n) is 1.48. The lowest BCUT2D eigenvalue weighted by molar-refractivity contribution is 0.117. The molecule has 96 valence electrons. The average Bonchev–Trinajstić information content (AvgIpc) is 2.13. The molecule has 0 fully saturated rings. The number of hydrogen-bond donors (Lipinski definition) is 4. The lowest BCUT2D eigenvalue weighted by atomic mass is 10.6. The van der Waals surface area contributed by atoms with E-state index in [4.69, 9.17) is 20.3 Å². The van der Waals surface area contributed by atoms with Crippen LogP contribution in [-0.2, 0) is 9.30 Å². The number of aromatic nitrogens is 2. The Kier molecular flexibility index (Phi) is 4.64. The van der Waals surface area contributed by atoms with Crippen LogP contribution >= 0.6 is 7.60 Å². The van der Waals surface area contributed by atoms with Crippen molar-refractivity contribution in [3.05, 3.63) is 16.6 Å². The van der Waals surface area contributed by atoms with E-state index in [1.54, 1.807) is 0 Å². The van der Waals surface area contributed by atoms with Crippen molar-refractivity contribution in [1.82, 2.24) is 9.97 Å². The van der Waals surface area contributed by atoms with Crippen LogP contribution in [0.1, 0.15) is 0 Å². The van der Waals surface area contributed by atoms with Crippen LogP contribution < -0.4 is 16.2 Å². The van der Waals surface area contributed by atoms with Crippen molar-refractivity contribution < 1.29 is 23.8 Å². The molecule has 0 aliphatic heterocycles. The van der Waals surface area contributed by atoms with Crippen molar-refractivity contribution in [2.75, 3.05) is 25.3 Å². The van der Waals surface area contributed by atoms with Crippen molar-refractivity contribution in [3.63, 3.8) is 0 Å². The highest BCUT2D eigenvalue weighted by atomic mass is 31.2. The van der Waals surface area contributed by atoms with Gasteiger partial charge in [-0.25, -0.2) is 4.79 Å². The van der Waals surface area contributed by atoms with Gasteiger partial charge in [0.05, 0.1) is 6.61 Å². The zero-order valence-corrected chi connectivity index (χ0v) is 9.59. The van der Waals surface area contributed by atoms with Gasteiger partial charge < -0.3 is 25.0 Å². The first-order chi connectivity index (χ1) is 7.87. The van der Waals surface area contributed by atoms with Gasteiger partial charge in [0.1, 0.15) is 18.8 Å². The molecule has 0 amide bonds. The molecule has 0 saturated heterocycles. The monoisotopic (exact) mass is 265 g/mol. The second kappa shape index (κ2) is 5.78. The summed E-state index contributed by atoms with van der Waals surface area (Å²) in [5.41, 5.74) is 4.69. The summed E-state index contributed by atoms with van der Waals surface area (Å²) < 4.78 is 20.0. The summed E-state index contributed by atoms with van der Waals surface area (Å²) in [7, 11) is -4.16. The fourth-order valence-corrected chi connectivity index (χ4v) is 1.28. The molecule has 9 nitrogen and oxygen atoms in total. The van der Waals surface area contributed by atoms with Crippen molar-refractivity contribution in [1.29, 1.82) is 0 Å². The highest BCUT2D eigenvalue weighted by Crippen LogP contribution is 2.33. The molecule has 17 heavy (non-hydrogen) atoms. The molecule has 0 radical (unpaired) electrons. The highest BCUT2D eigenvalue weighted by molar-refractivity contribution is 7.51. The molecule has 10 heteroatoms. The average molecular weight is 265 g/mol. The van der Waals surface area contributed by atoms with E-state index in [1.165, 1.54) is 6.07 Å². The SMILES string of the molecule is Nc1cc(OCCOCP(=O)(O)O)nc(=O)[nH]1. The van der Waals surface area contributed by atoms with Crippen LogP contribution in [0.2, 0.25) is 0 Å². The Morgan fingerprint density at radius 1 is 1.47 bits per heavy atom. The number of nitrogen functional groups attached to an aromatic ring is 1. The van der Waals surface area contributed by atoms with Crippen LogP contribution in [0.25, 0.3) is 0 Å². The van der Waals surface area contributed by atoms with Gasteiger partial charge in [-0.1, -0.05) is 0 Å². The number of H-pyrrole nitrogens is 1. The molecular weight excluding hydrogens is 253 g/mol. The number of rotatable bonds is 6. The molecule has 0 unspecified atom stereocenters. The van der Waals surface area contributed by atoms with Crippen LogP contribution in [0.5, 0.6) is 5.88 Å². The molecule has 1 rings (SSSR count). The number of anilines is 1. The molecule has 0 spiro atoms. The normalized spacial score (nSPS) is 11.4. The van der Waals surface area contributed by atoms with Crippen molar-refractivity contribution in [2.24, 2.45) is 0 Å². The zero-order valence-electron chi connectivity index (χ0n) is 8.70. The Balaban J connectivity index is 2.31. The molecule has 0 bridgehead atoms. The minimum Gasteiger partial charge on any atom is -0.475 e. The van der Waals surface area contributed by atoms with Gasteiger partial charge in [-0.2, -0.15) is 4.98 Å². The van der Waals surface area contributed by atoms with E-state index in [0.717, 1.165) is 0 Å². The molecule has 1 heterocycles.